The number of fused-ring (bicyclic) bond motifs is 3. The molecular weight excluding hydrogens is 366 g/mol. The lowest BCUT2D eigenvalue weighted by Gasteiger charge is -2.10. The first kappa shape index (κ1) is 17.5. The molecule has 0 saturated heterocycles. The molecule has 1 amide bonds. The lowest BCUT2D eigenvalue weighted by molar-refractivity contribution is -0.119. The van der Waals surface area contributed by atoms with Crippen LogP contribution < -0.4 is 5.32 Å². The van der Waals surface area contributed by atoms with Crippen LogP contribution in [0.1, 0.15) is 34.5 Å². The largest absolute Gasteiger partial charge is 0.452 e. The van der Waals surface area contributed by atoms with Crippen molar-refractivity contribution in [2.24, 2.45) is 0 Å². The summed E-state index contributed by atoms with van der Waals surface area (Å²) in [5.74, 6) is -1.01. The number of esters is 1. The van der Waals surface area contributed by atoms with Crippen LogP contribution in [0.2, 0.25) is 5.15 Å². The molecule has 0 fully saturated rings. The standard InChI is InChI=1S/C20H18ClN3O3/c21-19-17(6-3-9-22-19)24-18(25)11-27-20(26)12-7-8-16-14(10-12)13-4-1-2-5-15(13)23-16/h3,6-10,23H,1-2,4-5,11H2,(H,24,25). The average molecular weight is 384 g/mol. The van der Waals surface area contributed by atoms with E-state index in [9.17, 15) is 9.59 Å². The highest BCUT2D eigenvalue weighted by molar-refractivity contribution is 6.32. The van der Waals surface area contributed by atoms with E-state index >= 15 is 0 Å². The van der Waals surface area contributed by atoms with Gasteiger partial charge >= 0.3 is 5.97 Å². The Morgan fingerprint density at radius 3 is 2.93 bits per heavy atom. The summed E-state index contributed by atoms with van der Waals surface area (Å²) in [6.45, 7) is -0.395. The van der Waals surface area contributed by atoms with E-state index in [-0.39, 0.29) is 5.15 Å². The van der Waals surface area contributed by atoms with Crippen molar-refractivity contribution in [1.29, 1.82) is 0 Å². The molecule has 0 aliphatic heterocycles. The zero-order chi connectivity index (χ0) is 18.8. The molecule has 0 radical (unpaired) electrons. The third-order valence-corrected chi connectivity index (χ3v) is 5.00. The van der Waals surface area contributed by atoms with Crippen LogP contribution >= 0.6 is 11.6 Å². The van der Waals surface area contributed by atoms with Gasteiger partial charge in [0.2, 0.25) is 0 Å². The van der Waals surface area contributed by atoms with Crippen molar-refractivity contribution < 1.29 is 14.3 Å². The predicted octanol–water partition coefficient (Wildman–Crippen LogP) is 3.89. The van der Waals surface area contributed by atoms with Crippen LogP contribution in [0, 0.1) is 0 Å². The number of anilines is 1. The Kier molecular flexibility index (Phi) is 4.81. The predicted molar refractivity (Wildman–Crippen MR) is 103 cm³/mol. The summed E-state index contributed by atoms with van der Waals surface area (Å²) in [7, 11) is 0. The summed E-state index contributed by atoms with van der Waals surface area (Å²) in [5, 5.41) is 3.81. The lowest BCUT2D eigenvalue weighted by atomic mass is 9.95. The Balaban J connectivity index is 1.43. The van der Waals surface area contributed by atoms with E-state index < -0.39 is 18.5 Å². The Morgan fingerprint density at radius 2 is 2.07 bits per heavy atom. The van der Waals surface area contributed by atoms with E-state index in [1.165, 1.54) is 23.9 Å². The molecule has 0 unspecified atom stereocenters. The fourth-order valence-electron chi connectivity index (χ4n) is 3.41. The maximum atomic E-state index is 12.4. The second-order valence-electron chi connectivity index (χ2n) is 6.52. The number of H-pyrrole nitrogens is 1. The summed E-state index contributed by atoms with van der Waals surface area (Å²) >= 11 is 5.89. The minimum absolute atomic E-state index is 0.180. The first-order valence-corrected chi connectivity index (χ1v) is 9.20. The van der Waals surface area contributed by atoms with Crippen molar-refractivity contribution in [2.75, 3.05) is 11.9 Å². The molecule has 1 aliphatic carbocycles. The second kappa shape index (κ2) is 7.40. The fraction of sp³-hybridized carbons (Fsp3) is 0.250. The number of hydrogen-bond acceptors (Lipinski definition) is 4. The van der Waals surface area contributed by atoms with Gasteiger partial charge in [0.1, 0.15) is 0 Å². The van der Waals surface area contributed by atoms with E-state index in [1.54, 1.807) is 18.2 Å². The van der Waals surface area contributed by atoms with Gasteiger partial charge in [0.25, 0.3) is 5.91 Å². The fourth-order valence-corrected chi connectivity index (χ4v) is 3.58. The first-order valence-electron chi connectivity index (χ1n) is 8.83. The van der Waals surface area contributed by atoms with Gasteiger partial charge in [0, 0.05) is 22.8 Å². The van der Waals surface area contributed by atoms with Gasteiger partial charge in [-0.25, -0.2) is 9.78 Å². The smallest absolute Gasteiger partial charge is 0.338 e. The molecule has 0 spiro atoms. The van der Waals surface area contributed by atoms with Crippen LogP contribution in [0.25, 0.3) is 10.9 Å². The molecule has 0 atom stereocenters. The molecule has 0 saturated carbocycles. The number of halogens is 1. The normalized spacial score (nSPS) is 13.2. The second-order valence-corrected chi connectivity index (χ2v) is 6.87. The van der Waals surface area contributed by atoms with Gasteiger partial charge in [0.05, 0.1) is 11.3 Å². The highest BCUT2D eigenvalue weighted by Crippen LogP contribution is 2.29. The summed E-state index contributed by atoms with van der Waals surface area (Å²) < 4.78 is 5.15. The van der Waals surface area contributed by atoms with E-state index in [1.807, 2.05) is 12.1 Å². The van der Waals surface area contributed by atoms with Crippen LogP contribution in [0.15, 0.2) is 36.5 Å². The Bertz CT molecular complexity index is 1030. The van der Waals surface area contributed by atoms with Gasteiger partial charge < -0.3 is 15.0 Å². The lowest BCUT2D eigenvalue weighted by Crippen LogP contribution is -2.21. The first-order chi connectivity index (χ1) is 13.1. The highest BCUT2D eigenvalue weighted by atomic mass is 35.5. The van der Waals surface area contributed by atoms with Crippen molar-refractivity contribution in [3.63, 3.8) is 0 Å². The molecule has 0 bridgehead atoms. The molecule has 2 N–H and O–H groups in total. The number of nitrogens with zero attached hydrogens (tertiary/aromatic N) is 1. The van der Waals surface area contributed by atoms with Crippen LogP contribution in [-0.4, -0.2) is 28.5 Å². The van der Waals surface area contributed by atoms with Crippen molar-refractivity contribution in [3.05, 3.63) is 58.5 Å². The monoisotopic (exact) mass is 383 g/mol. The number of ether oxygens (including phenoxy) is 1. The number of aryl methyl sites for hydroxylation is 2. The van der Waals surface area contributed by atoms with Gasteiger partial charge in [-0.1, -0.05) is 11.6 Å². The molecule has 1 aliphatic rings. The van der Waals surface area contributed by atoms with E-state index in [4.69, 9.17) is 16.3 Å². The highest BCUT2D eigenvalue weighted by Gasteiger charge is 2.18. The number of pyridine rings is 1. The van der Waals surface area contributed by atoms with Crippen LogP contribution in [0.4, 0.5) is 5.69 Å². The molecule has 2 heterocycles. The molecule has 6 nitrogen and oxygen atoms in total. The maximum Gasteiger partial charge on any atom is 0.338 e. The van der Waals surface area contributed by atoms with E-state index in [0.29, 0.717) is 11.3 Å². The number of aromatic nitrogens is 2. The number of benzene rings is 1. The minimum atomic E-state index is -0.532. The number of aromatic amines is 1. The van der Waals surface area contributed by atoms with Gasteiger partial charge in [-0.15, -0.1) is 0 Å². The number of rotatable bonds is 4. The van der Waals surface area contributed by atoms with Crippen molar-refractivity contribution >= 4 is 40.1 Å². The molecule has 4 rings (SSSR count). The summed E-state index contributed by atoms with van der Waals surface area (Å²) in [6, 6.07) is 8.72. The Labute approximate surface area is 160 Å². The zero-order valence-electron chi connectivity index (χ0n) is 14.5. The molecule has 138 valence electrons. The van der Waals surface area contributed by atoms with Crippen LogP contribution in [-0.2, 0) is 22.4 Å². The summed E-state index contributed by atoms with van der Waals surface area (Å²) in [5.41, 5.74) is 4.38. The van der Waals surface area contributed by atoms with Gasteiger partial charge in [-0.3, -0.25) is 4.79 Å². The van der Waals surface area contributed by atoms with Gasteiger partial charge in [-0.2, -0.15) is 0 Å². The number of carbonyl (C=O) groups is 2. The van der Waals surface area contributed by atoms with E-state index in [0.717, 1.165) is 30.2 Å². The zero-order valence-corrected chi connectivity index (χ0v) is 15.3. The maximum absolute atomic E-state index is 12.4. The molecule has 1 aromatic carbocycles. The average Bonchev–Trinajstić information content (AvgIpc) is 3.06. The van der Waals surface area contributed by atoms with Crippen LogP contribution in [0.3, 0.4) is 0 Å². The van der Waals surface area contributed by atoms with Crippen molar-refractivity contribution in [1.82, 2.24) is 9.97 Å². The van der Waals surface area contributed by atoms with Crippen molar-refractivity contribution in [2.45, 2.75) is 25.7 Å². The number of hydrogen-bond donors (Lipinski definition) is 2. The SMILES string of the molecule is O=C(COC(=O)c1ccc2[nH]c3c(c2c1)CCCC3)Nc1cccnc1Cl. The molecule has 3 aromatic rings. The Hall–Kier alpha value is -2.86. The Morgan fingerprint density at radius 1 is 1.22 bits per heavy atom. The minimum Gasteiger partial charge on any atom is -0.452 e. The topological polar surface area (TPSA) is 84.1 Å². The number of amides is 1. The molecule has 7 heteroatoms. The number of nitrogens with one attached hydrogen (secondary N) is 2. The molecule has 2 aromatic heterocycles. The molecule has 27 heavy (non-hydrogen) atoms. The third-order valence-electron chi connectivity index (χ3n) is 4.70. The quantitative estimate of drug-likeness (QED) is 0.528. The van der Waals surface area contributed by atoms with Gasteiger partial charge in [0.15, 0.2) is 11.8 Å². The van der Waals surface area contributed by atoms with Gasteiger partial charge in [-0.05, 0) is 61.6 Å². The van der Waals surface area contributed by atoms with Crippen molar-refractivity contribution in [3.8, 4) is 0 Å². The number of carbonyl (C=O) groups excluding carboxylic acids is 2. The summed E-state index contributed by atoms with van der Waals surface area (Å²) in [4.78, 5) is 31.6. The van der Waals surface area contributed by atoms with Crippen LogP contribution in [0.5, 0.6) is 0 Å². The van der Waals surface area contributed by atoms with E-state index in [2.05, 4.69) is 15.3 Å². The molecular formula is C20H18ClN3O3. The summed E-state index contributed by atoms with van der Waals surface area (Å²) in [6.07, 6.45) is 5.92. The third kappa shape index (κ3) is 3.66.